The number of nitrogens with zero attached hydrogens (tertiary/aromatic N) is 4. The minimum atomic E-state index is 0.397. The molecular formula is C22H26N6. The molecule has 2 heterocycles. The second-order valence-electron chi connectivity index (χ2n) is 6.95. The highest BCUT2D eigenvalue weighted by molar-refractivity contribution is 5.80. The molecule has 6 heteroatoms. The molecule has 0 bridgehead atoms. The molecule has 144 valence electrons. The molecule has 0 aliphatic carbocycles. The Morgan fingerprint density at radius 3 is 2.61 bits per heavy atom. The fraction of sp³-hybridized carbons (Fsp3) is 0.273. The molecule has 1 aromatic heterocycles. The number of para-hydroxylation sites is 1. The fourth-order valence-electron chi connectivity index (χ4n) is 3.51. The van der Waals surface area contributed by atoms with Crippen molar-refractivity contribution < 1.29 is 0 Å². The summed E-state index contributed by atoms with van der Waals surface area (Å²) in [5, 5.41) is 11.2. The van der Waals surface area contributed by atoms with Gasteiger partial charge in [0, 0.05) is 50.8 Å². The lowest BCUT2D eigenvalue weighted by atomic mass is 10.2. The molecule has 2 N–H and O–H groups in total. The van der Waals surface area contributed by atoms with E-state index in [0.717, 1.165) is 37.7 Å². The van der Waals surface area contributed by atoms with Crippen LogP contribution in [-0.2, 0) is 6.54 Å². The van der Waals surface area contributed by atoms with Gasteiger partial charge in [-0.05, 0) is 42.3 Å². The predicted octanol–water partition coefficient (Wildman–Crippen LogP) is 2.82. The molecule has 1 fully saturated rings. The maximum absolute atomic E-state index is 4.38. The topological polar surface area (TPSA) is 57.5 Å². The molecular weight excluding hydrogens is 348 g/mol. The van der Waals surface area contributed by atoms with E-state index in [2.05, 4.69) is 80.2 Å². The Morgan fingerprint density at radius 2 is 1.89 bits per heavy atom. The number of hydrogen-bond acceptors (Lipinski definition) is 3. The van der Waals surface area contributed by atoms with Crippen LogP contribution in [0.4, 0.5) is 5.69 Å². The molecule has 28 heavy (non-hydrogen) atoms. The predicted molar refractivity (Wildman–Crippen MR) is 114 cm³/mol. The summed E-state index contributed by atoms with van der Waals surface area (Å²) in [4.78, 5) is 6.80. The van der Waals surface area contributed by atoms with Crippen LogP contribution in [0.3, 0.4) is 0 Å². The van der Waals surface area contributed by atoms with Gasteiger partial charge in [-0.25, -0.2) is 4.68 Å². The Bertz CT molecular complexity index is 887. The van der Waals surface area contributed by atoms with Crippen LogP contribution in [0.15, 0.2) is 78.0 Å². The van der Waals surface area contributed by atoms with Crippen LogP contribution < -0.4 is 15.5 Å². The van der Waals surface area contributed by atoms with Crippen LogP contribution in [0, 0.1) is 0 Å². The summed E-state index contributed by atoms with van der Waals surface area (Å²) < 4.78 is 1.86. The van der Waals surface area contributed by atoms with Gasteiger partial charge in [0.15, 0.2) is 5.96 Å². The summed E-state index contributed by atoms with van der Waals surface area (Å²) in [6.45, 7) is 2.78. The van der Waals surface area contributed by atoms with Crippen molar-refractivity contribution in [3.8, 4) is 5.69 Å². The van der Waals surface area contributed by atoms with Crippen LogP contribution in [0.1, 0.15) is 12.0 Å². The Balaban J connectivity index is 1.28. The standard InChI is InChI=1S/C22H26N6/c1-23-22(26-19-12-15-27(17-19)20-6-3-2-4-7-20)24-16-18-8-10-21(11-9-18)28-14-5-13-25-28/h2-11,13-14,19H,12,15-17H2,1H3,(H2,23,24,26). The molecule has 1 saturated heterocycles. The van der Waals surface area contributed by atoms with Crippen molar-refractivity contribution in [1.29, 1.82) is 0 Å². The fourth-order valence-corrected chi connectivity index (χ4v) is 3.51. The van der Waals surface area contributed by atoms with Crippen molar-refractivity contribution >= 4 is 11.6 Å². The number of nitrogens with one attached hydrogen (secondary N) is 2. The highest BCUT2D eigenvalue weighted by Crippen LogP contribution is 2.19. The van der Waals surface area contributed by atoms with E-state index in [1.54, 1.807) is 6.20 Å². The van der Waals surface area contributed by atoms with Crippen molar-refractivity contribution in [3.63, 3.8) is 0 Å². The largest absolute Gasteiger partial charge is 0.369 e. The lowest BCUT2D eigenvalue weighted by molar-refractivity contribution is 0.648. The monoisotopic (exact) mass is 374 g/mol. The van der Waals surface area contributed by atoms with E-state index < -0.39 is 0 Å². The first-order valence-corrected chi connectivity index (χ1v) is 9.68. The SMILES string of the molecule is CN=C(NCc1ccc(-n2cccn2)cc1)NC1CCN(c2ccccc2)C1. The van der Waals surface area contributed by atoms with Gasteiger partial charge in [-0.3, -0.25) is 4.99 Å². The van der Waals surface area contributed by atoms with E-state index in [4.69, 9.17) is 0 Å². The Morgan fingerprint density at radius 1 is 1.07 bits per heavy atom. The Hall–Kier alpha value is -3.28. The molecule has 0 spiro atoms. The maximum atomic E-state index is 4.38. The van der Waals surface area contributed by atoms with Gasteiger partial charge in [-0.1, -0.05) is 30.3 Å². The van der Waals surface area contributed by atoms with Gasteiger partial charge in [-0.15, -0.1) is 0 Å². The first-order chi connectivity index (χ1) is 13.8. The van der Waals surface area contributed by atoms with E-state index in [9.17, 15) is 0 Å². The lowest BCUT2D eigenvalue weighted by Crippen LogP contribution is -2.44. The molecule has 1 unspecified atom stereocenters. The Labute approximate surface area is 165 Å². The number of aromatic nitrogens is 2. The summed E-state index contributed by atoms with van der Waals surface area (Å²) in [7, 11) is 1.82. The summed E-state index contributed by atoms with van der Waals surface area (Å²) in [6.07, 6.45) is 4.83. The minimum Gasteiger partial charge on any atom is -0.369 e. The maximum Gasteiger partial charge on any atom is 0.191 e. The van der Waals surface area contributed by atoms with Gasteiger partial charge < -0.3 is 15.5 Å². The van der Waals surface area contributed by atoms with Gasteiger partial charge in [0.2, 0.25) is 0 Å². The van der Waals surface area contributed by atoms with Crippen molar-refractivity contribution in [2.24, 2.45) is 4.99 Å². The molecule has 0 radical (unpaired) electrons. The van der Waals surface area contributed by atoms with E-state index in [1.165, 1.54) is 11.3 Å². The zero-order valence-corrected chi connectivity index (χ0v) is 16.1. The number of hydrogen-bond donors (Lipinski definition) is 2. The van der Waals surface area contributed by atoms with Crippen molar-refractivity contribution in [3.05, 3.63) is 78.6 Å². The summed E-state index contributed by atoms with van der Waals surface area (Å²) >= 11 is 0. The quantitative estimate of drug-likeness (QED) is 0.533. The van der Waals surface area contributed by atoms with Crippen LogP contribution in [-0.4, -0.2) is 41.9 Å². The smallest absolute Gasteiger partial charge is 0.191 e. The number of anilines is 1. The summed E-state index contributed by atoms with van der Waals surface area (Å²) in [5.41, 5.74) is 3.55. The highest BCUT2D eigenvalue weighted by atomic mass is 15.3. The molecule has 1 atom stereocenters. The molecule has 2 aromatic carbocycles. The van der Waals surface area contributed by atoms with Gasteiger partial charge in [0.05, 0.1) is 5.69 Å². The summed E-state index contributed by atoms with van der Waals surface area (Å²) in [5.74, 6) is 0.844. The number of benzene rings is 2. The highest BCUT2D eigenvalue weighted by Gasteiger charge is 2.23. The lowest BCUT2D eigenvalue weighted by Gasteiger charge is -2.20. The van der Waals surface area contributed by atoms with E-state index >= 15 is 0 Å². The van der Waals surface area contributed by atoms with Crippen LogP contribution in [0.2, 0.25) is 0 Å². The number of rotatable bonds is 5. The number of guanidine groups is 1. The van der Waals surface area contributed by atoms with Crippen molar-refractivity contribution in [1.82, 2.24) is 20.4 Å². The van der Waals surface area contributed by atoms with Gasteiger partial charge in [0.25, 0.3) is 0 Å². The third-order valence-corrected chi connectivity index (χ3v) is 5.04. The summed E-state index contributed by atoms with van der Waals surface area (Å²) in [6, 6.07) is 21.3. The van der Waals surface area contributed by atoms with E-state index in [0.29, 0.717) is 6.04 Å². The second-order valence-corrected chi connectivity index (χ2v) is 6.95. The molecule has 0 saturated carbocycles. The van der Waals surface area contributed by atoms with Crippen molar-refractivity contribution in [2.75, 3.05) is 25.0 Å². The first kappa shape index (κ1) is 18.1. The molecule has 6 nitrogen and oxygen atoms in total. The normalized spacial score (nSPS) is 17.0. The second kappa shape index (κ2) is 8.61. The van der Waals surface area contributed by atoms with Crippen molar-refractivity contribution in [2.45, 2.75) is 19.0 Å². The first-order valence-electron chi connectivity index (χ1n) is 9.68. The zero-order chi connectivity index (χ0) is 19.2. The van der Waals surface area contributed by atoms with Gasteiger partial charge in [0.1, 0.15) is 0 Å². The van der Waals surface area contributed by atoms with Gasteiger partial charge in [-0.2, -0.15) is 5.10 Å². The average molecular weight is 374 g/mol. The molecule has 4 rings (SSSR count). The molecule has 1 aliphatic heterocycles. The molecule has 1 aliphatic rings. The molecule has 3 aromatic rings. The minimum absolute atomic E-state index is 0.397. The number of aliphatic imine (C=N–C) groups is 1. The third kappa shape index (κ3) is 4.34. The van der Waals surface area contributed by atoms with E-state index in [1.807, 2.05) is 24.0 Å². The van der Waals surface area contributed by atoms with Crippen LogP contribution in [0.25, 0.3) is 5.69 Å². The van der Waals surface area contributed by atoms with Crippen LogP contribution >= 0.6 is 0 Å². The zero-order valence-electron chi connectivity index (χ0n) is 16.1. The van der Waals surface area contributed by atoms with Gasteiger partial charge >= 0.3 is 0 Å². The van der Waals surface area contributed by atoms with E-state index in [-0.39, 0.29) is 0 Å². The molecule has 0 amide bonds. The van der Waals surface area contributed by atoms with Crippen LogP contribution in [0.5, 0.6) is 0 Å². The third-order valence-electron chi connectivity index (χ3n) is 5.04. The average Bonchev–Trinajstić information content (AvgIpc) is 3.44. The Kier molecular flexibility index (Phi) is 5.56.